The van der Waals surface area contributed by atoms with Crippen molar-refractivity contribution in [3.05, 3.63) is 38.9 Å². The number of carbonyl (C=O) groups is 1. The number of hydrogen-bond acceptors (Lipinski definition) is 3. The molecule has 2 saturated carbocycles. The Hall–Kier alpha value is -1.62. The minimum Gasteiger partial charge on any atom is -0.351 e. The monoisotopic (exact) mass is 336 g/mol. The van der Waals surface area contributed by atoms with E-state index < -0.39 is 4.92 Å². The van der Waals surface area contributed by atoms with E-state index in [-0.39, 0.29) is 27.6 Å². The van der Waals surface area contributed by atoms with Gasteiger partial charge in [-0.25, -0.2) is 0 Å². The van der Waals surface area contributed by atoms with Gasteiger partial charge in [-0.1, -0.05) is 43.4 Å². The number of nitro groups is 1. The lowest BCUT2D eigenvalue weighted by molar-refractivity contribution is -0.384. The van der Waals surface area contributed by atoms with Crippen LogP contribution in [0.5, 0.6) is 0 Å². The highest BCUT2D eigenvalue weighted by Gasteiger charge is 2.39. The first-order valence-corrected chi connectivity index (χ1v) is 8.60. The molecule has 1 N–H and O–H groups in total. The van der Waals surface area contributed by atoms with Crippen molar-refractivity contribution in [2.24, 2.45) is 11.3 Å². The van der Waals surface area contributed by atoms with Gasteiger partial charge < -0.3 is 5.32 Å². The zero-order valence-corrected chi connectivity index (χ0v) is 13.8. The van der Waals surface area contributed by atoms with Crippen LogP contribution in [-0.4, -0.2) is 17.4 Å². The molecule has 0 aromatic heterocycles. The molecule has 2 bridgehead atoms. The first-order valence-electron chi connectivity index (χ1n) is 8.22. The first kappa shape index (κ1) is 16.2. The quantitative estimate of drug-likeness (QED) is 0.656. The van der Waals surface area contributed by atoms with Gasteiger partial charge in [0.05, 0.1) is 10.5 Å². The number of nitrogens with zero attached hydrogens (tertiary/aromatic N) is 1. The van der Waals surface area contributed by atoms with Crippen LogP contribution in [0.3, 0.4) is 0 Å². The number of rotatable bonds is 4. The number of carbonyl (C=O) groups excluding carboxylic acids is 1. The molecule has 2 aliphatic rings. The summed E-state index contributed by atoms with van der Waals surface area (Å²) < 4.78 is 0. The van der Waals surface area contributed by atoms with Gasteiger partial charge in [0.2, 0.25) is 0 Å². The summed E-state index contributed by atoms with van der Waals surface area (Å²) in [6, 6.07) is 4.34. The van der Waals surface area contributed by atoms with Crippen molar-refractivity contribution in [2.45, 2.75) is 44.9 Å². The van der Waals surface area contributed by atoms with E-state index in [1.807, 2.05) is 0 Å². The van der Waals surface area contributed by atoms with E-state index in [9.17, 15) is 14.9 Å². The van der Waals surface area contributed by atoms with Gasteiger partial charge in [-0.15, -0.1) is 0 Å². The van der Waals surface area contributed by atoms with Gasteiger partial charge in [0.1, 0.15) is 5.02 Å². The Morgan fingerprint density at radius 2 is 2.04 bits per heavy atom. The molecular weight excluding hydrogens is 316 g/mol. The summed E-state index contributed by atoms with van der Waals surface area (Å²) in [4.78, 5) is 22.8. The molecule has 2 aliphatic carbocycles. The maximum absolute atomic E-state index is 12.4. The summed E-state index contributed by atoms with van der Waals surface area (Å²) >= 11 is 6.02. The predicted molar refractivity (Wildman–Crippen MR) is 88.7 cm³/mol. The topological polar surface area (TPSA) is 72.2 Å². The highest BCUT2D eigenvalue weighted by molar-refractivity contribution is 6.35. The van der Waals surface area contributed by atoms with Gasteiger partial charge in [0.25, 0.3) is 11.6 Å². The van der Waals surface area contributed by atoms with Crippen molar-refractivity contribution in [1.29, 1.82) is 0 Å². The summed E-state index contributed by atoms with van der Waals surface area (Å²) in [5.41, 5.74) is 0.164. The summed E-state index contributed by atoms with van der Waals surface area (Å²) in [5, 5.41) is 13.8. The maximum atomic E-state index is 12.4. The number of nitrogens with one attached hydrogen (secondary N) is 1. The molecule has 0 heterocycles. The Balaban J connectivity index is 1.70. The van der Waals surface area contributed by atoms with E-state index in [0.29, 0.717) is 6.54 Å². The second-order valence-electron chi connectivity index (χ2n) is 6.93. The smallest absolute Gasteiger partial charge is 0.288 e. The molecular formula is C17H21ClN2O3. The molecule has 23 heavy (non-hydrogen) atoms. The molecule has 124 valence electrons. The van der Waals surface area contributed by atoms with E-state index in [1.165, 1.54) is 50.3 Å². The number of fused-ring (bicyclic) bond motifs is 2. The summed E-state index contributed by atoms with van der Waals surface area (Å²) in [5.74, 6) is 0.483. The Morgan fingerprint density at radius 1 is 1.35 bits per heavy atom. The number of halogens is 1. The zero-order valence-electron chi connectivity index (χ0n) is 13.0. The van der Waals surface area contributed by atoms with Crippen LogP contribution in [0.25, 0.3) is 0 Å². The van der Waals surface area contributed by atoms with Crippen molar-refractivity contribution in [2.75, 3.05) is 6.54 Å². The number of nitro benzene ring substituents is 1. The lowest BCUT2D eigenvalue weighted by atomic mass is 9.62. The van der Waals surface area contributed by atoms with E-state index in [0.717, 1.165) is 18.8 Å². The number of benzene rings is 1. The largest absolute Gasteiger partial charge is 0.351 e. The number of amides is 1. The summed E-state index contributed by atoms with van der Waals surface area (Å²) in [7, 11) is 0. The van der Waals surface area contributed by atoms with Crippen LogP contribution in [-0.2, 0) is 0 Å². The fraction of sp³-hybridized carbons (Fsp3) is 0.588. The third kappa shape index (κ3) is 3.34. The van der Waals surface area contributed by atoms with Crippen molar-refractivity contribution in [3.8, 4) is 0 Å². The van der Waals surface area contributed by atoms with Gasteiger partial charge in [0, 0.05) is 12.6 Å². The molecule has 5 nitrogen and oxygen atoms in total. The summed E-state index contributed by atoms with van der Waals surface area (Å²) in [6.07, 6.45) is 8.60. The van der Waals surface area contributed by atoms with E-state index in [1.54, 1.807) is 0 Å². The van der Waals surface area contributed by atoms with Crippen molar-refractivity contribution < 1.29 is 9.72 Å². The molecule has 1 amide bonds. The van der Waals surface area contributed by atoms with Crippen LogP contribution < -0.4 is 5.32 Å². The molecule has 0 aliphatic heterocycles. The average Bonchev–Trinajstić information content (AvgIpc) is 2.53. The lowest BCUT2D eigenvalue weighted by Gasteiger charge is -2.45. The second kappa shape index (κ2) is 6.48. The fourth-order valence-electron chi connectivity index (χ4n) is 4.27. The SMILES string of the molecule is O=C(NCC12CCCC(CCC1)C2)c1cccc([N+](=O)[O-])c1Cl. The lowest BCUT2D eigenvalue weighted by Crippen LogP contribution is -2.43. The molecule has 3 rings (SSSR count). The van der Waals surface area contributed by atoms with E-state index in [2.05, 4.69) is 5.32 Å². The Bertz CT molecular complexity index is 622. The molecule has 2 fully saturated rings. The molecule has 0 saturated heterocycles. The normalized spacial score (nSPS) is 26.6. The zero-order chi connectivity index (χ0) is 16.4. The summed E-state index contributed by atoms with van der Waals surface area (Å²) in [6.45, 7) is 0.640. The maximum Gasteiger partial charge on any atom is 0.288 e. The fourth-order valence-corrected chi connectivity index (χ4v) is 4.55. The Kier molecular flexibility index (Phi) is 4.57. The molecule has 0 unspecified atom stereocenters. The molecule has 0 radical (unpaired) electrons. The highest BCUT2D eigenvalue weighted by atomic mass is 35.5. The van der Waals surface area contributed by atoms with Crippen LogP contribution in [0.15, 0.2) is 18.2 Å². The number of hydrogen-bond donors (Lipinski definition) is 1. The first-order chi connectivity index (χ1) is 11.0. The second-order valence-corrected chi connectivity index (χ2v) is 7.31. The Morgan fingerprint density at radius 3 is 2.70 bits per heavy atom. The minimum atomic E-state index is -0.565. The van der Waals surface area contributed by atoms with Crippen LogP contribution in [0.2, 0.25) is 5.02 Å². The van der Waals surface area contributed by atoms with Gasteiger partial charge >= 0.3 is 0 Å². The van der Waals surface area contributed by atoms with Gasteiger partial charge in [-0.3, -0.25) is 14.9 Å². The van der Waals surface area contributed by atoms with Crippen LogP contribution in [0.1, 0.15) is 55.3 Å². The van der Waals surface area contributed by atoms with Crippen molar-refractivity contribution in [3.63, 3.8) is 0 Å². The van der Waals surface area contributed by atoms with E-state index >= 15 is 0 Å². The highest BCUT2D eigenvalue weighted by Crippen LogP contribution is 2.48. The standard InChI is InChI=1S/C17H21ClN2O3/c18-15-13(6-1-7-14(15)20(22)23)16(21)19-11-17-8-2-4-12(10-17)5-3-9-17/h1,6-7,12H,2-5,8-11H2,(H,19,21). The van der Waals surface area contributed by atoms with Gasteiger partial charge in [0.15, 0.2) is 0 Å². The van der Waals surface area contributed by atoms with Gasteiger partial charge in [-0.05, 0) is 36.7 Å². The van der Waals surface area contributed by atoms with Crippen molar-refractivity contribution in [1.82, 2.24) is 5.32 Å². The predicted octanol–water partition coefficient (Wildman–Crippen LogP) is 4.34. The molecule has 1 aromatic carbocycles. The molecule has 0 spiro atoms. The van der Waals surface area contributed by atoms with Crippen LogP contribution in [0.4, 0.5) is 5.69 Å². The third-order valence-electron chi connectivity index (χ3n) is 5.40. The van der Waals surface area contributed by atoms with Crippen molar-refractivity contribution >= 4 is 23.2 Å². The molecule has 0 atom stereocenters. The van der Waals surface area contributed by atoms with Crippen LogP contribution in [0, 0.1) is 21.4 Å². The van der Waals surface area contributed by atoms with Gasteiger partial charge in [-0.2, -0.15) is 0 Å². The average molecular weight is 337 g/mol. The van der Waals surface area contributed by atoms with E-state index in [4.69, 9.17) is 11.6 Å². The third-order valence-corrected chi connectivity index (χ3v) is 5.80. The molecule has 6 heteroatoms. The molecule has 1 aromatic rings. The van der Waals surface area contributed by atoms with Crippen LogP contribution >= 0.6 is 11.6 Å². The minimum absolute atomic E-state index is 0.0855. The Labute approximate surface area is 140 Å².